The van der Waals surface area contributed by atoms with E-state index in [-0.39, 0.29) is 6.04 Å². The molecule has 1 unspecified atom stereocenters. The lowest BCUT2D eigenvalue weighted by molar-refractivity contribution is 0.445. The molecule has 1 aromatic heterocycles. The molecule has 2 rings (SSSR count). The minimum Gasteiger partial charge on any atom is -0.323 e. The highest BCUT2D eigenvalue weighted by atomic mass is 15.4. The van der Waals surface area contributed by atoms with Gasteiger partial charge in [-0.1, -0.05) is 30.9 Å². The van der Waals surface area contributed by atoms with E-state index in [0.717, 1.165) is 18.0 Å². The number of aryl methyl sites for hydroxylation is 1. The van der Waals surface area contributed by atoms with E-state index < -0.39 is 0 Å². The molecule has 1 aromatic rings. The van der Waals surface area contributed by atoms with Crippen LogP contribution in [0.2, 0.25) is 0 Å². The topological polar surface area (TPSA) is 56.7 Å². The summed E-state index contributed by atoms with van der Waals surface area (Å²) in [4.78, 5) is 0. The summed E-state index contributed by atoms with van der Waals surface area (Å²) in [5, 5.41) is 7.94. The molecule has 0 aromatic carbocycles. The van der Waals surface area contributed by atoms with E-state index in [4.69, 9.17) is 5.73 Å². The summed E-state index contributed by atoms with van der Waals surface area (Å²) in [6.45, 7) is 0. The molecule has 1 saturated carbocycles. The van der Waals surface area contributed by atoms with Gasteiger partial charge in [0.05, 0.1) is 11.7 Å². The summed E-state index contributed by atoms with van der Waals surface area (Å²) in [5.74, 6) is 0.812. The highest BCUT2D eigenvalue weighted by molar-refractivity contribution is 4.99. The van der Waals surface area contributed by atoms with Crippen molar-refractivity contribution in [1.82, 2.24) is 15.0 Å². The molecule has 4 heteroatoms. The van der Waals surface area contributed by atoms with Crippen LogP contribution in [0.15, 0.2) is 6.20 Å². The predicted octanol–water partition coefficient (Wildman–Crippen LogP) is 1.40. The van der Waals surface area contributed by atoms with Crippen molar-refractivity contribution < 1.29 is 0 Å². The third-order valence-electron chi connectivity index (χ3n) is 3.06. The summed E-state index contributed by atoms with van der Waals surface area (Å²) < 4.78 is 1.71. The van der Waals surface area contributed by atoms with Crippen molar-refractivity contribution in [2.75, 3.05) is 0 Å². The molecule has 1 atom stereocenters. The Hall–Kier alpha value is -0.900. The molecule has 78 valence electrons. The molecule has 0 saturated heterocycles. The van der Waals surface area contributed by atoms with Crippen LogP contribution in [0.25, 0.3) is 0 Å². The van der Waals surface area contributed by atoms with Gasteiger partial charge in [-0.05, 0) is 12.3 Å². The van der Waals surface area contributed by atoms with Crippen LogP contribution in [-0.2, 0) is 7.05 Å². The molecule has 4 nitrogen and oxygen atoms in total. The SMILES string of the molecule is Cn1cc(C(N)CC2CCCC2)nn1. The van der Waals surface area contributed by atoms with Gasteiger partial charge in [-0.3, -0.25) is 4.68 Å². The monoisotopic (exact) mass is 194 g/mol. The Kier molecular flexibility index (Phi) is 2.82. The molecule has 0 aliphatic heterocycles. The molecular weight excluding hydrogens is 176 g/mol. The second-order valence-corrected chi connectivity index (χ2v) is 4.31. The van der Waals surface area contributed by atoms with Gasteiger partial charge in [0.25, 0.3) is 0 Å². The maximum Gasteiger partial charge on any atom is 0.0994 e. The van der Waals surface area contributed by atoms with E-state index in [2.05, 4.69) is 10.3 Å². The van der Waals surface area contributed by atoms with Gasteiger partial charge in [0.1, 0.15) is 0 Å². The Morgan fingerprint density at radius 2 is 2.29 bits per heavy atom. The third kappa shape index (κ3) is 2.12. The van der Waals surface area contributed by atoms with E-state index in [1.54, 1.807) is 4.68 Å². The molecule has 0 bridgehead atoms. The average molecular weight is 194 g/mol. The minimum atomic E-state index is 0.0757. The summed E-state index contributed by atoms with van der Waals surface area (Å²) >= 11 is 0. The van der Waals surface area contributed by atoms with Crippen molar-refractivity contribution in [2.45, 2.75) is 38.1 Å². The van der Waals surface area contributed by atoms with Crippen molar-refractivity contribution in [3.05, 3.63) is 11.9 Å². The number of aromatic nitrogens is 3. The van der Waals surface area contributed by atoms with E-state index >= 15 is 0 Å². The van der Waals surface area contributed by atoms with Crippen LogP contribution in [0.3, 0.4) is 0 Å². The Morgan fingerprint density at radius 1 is 1.57 bits per heavy atom. The van der Waals surface area contributed by atoms with Crippen LogP contribution in [0.5, 0.6) is 0 Å². The first-order chi connectivity index (χ1) is 6.75. The van der Waals surface area contributed by atoms with Crippen molar-refractivity contribution in [3.8, 4) is 0 Å². The highest BCUT2D eigenvalue weighted by Crippen LogP contribution is 2.31. The van der Waals surface area contributed by atoms with Crippen molar-refractivity contribution in [1.29, 1.82) is 0 Å². The maximum absolute atomic E-state index is 6.07. The molecule has 0 amide bonds. The van der Waals surface area contributed by atoms with Gasteiger partial charge in [0, 0.05) is 13.2 Å². The first-order valence-electron chi connectivity index (χ1n) is 5.37. The quantitative estimate of drug-likeness (QED) is 0.791. The van der Waals surface area contributed by atoms with Crippen molar-refractivity contribution in [2.24, 2.45) is 18.7 Å². The van der Waals surface area contributed by atoms with E-state index in [1.165, 1.54) is 25.7 Å². The lowest BCUT2D eigenvalue weighted by atomic mass is 9.97. The molecule has 1 heterocycles. The Labute approximate surface area is 84.5 Å². The first kappa shape index (κ1) is 9.65. The Balaban J connectivity index is 1.91. The number of hydrogen-bond donors (Lipinski definition) is 1. The largest absolute Gasteiger partial charge is 0.323 e. The number of nitrogens with zero attached hydrogens (tertiary/aromatic N) is 3. The first-order valence-corrected chi connectivity index (χ1v) is 5.37. The molecule has 0 spiro atoms. The van der Waals surface area contributed by atoms with Crippen molar-refractivity contribution in [3.63, 3.8) is 0 Å². The van der Waals surface area contributed by atoms with Gasteiger partial charge >= 0.3 is 0 Å². The third-order valence-corrected chi connectivity index (χ3v) is 3.06. The van der Waals surface area contributed by atoms with Gasteiger partial charge in [-0.2, -0.15) is 0 Å². The van der Waals surface area contributed by atoms with Crippen LogP contribution < -0.4 is 5.73 Å². The second kappa shape index (κ2) is 4.09. The second-order valence-electron chi connectivity index (χ2n) is 4.31. The van der Waals surface area contributed by atoms with Crippen LogP contribution in [0.4, 0.5) is 0 Å². The average Bonchev–Trinajstić information content (AvgIpc) is 2.75. The van der Waals surface area contributed by atoms with Gasteiger partial charge in [0.15, 0.2) is 0 Å². The van der Waals surface area contributed by atoms with Gasteiger partial charge in [-0.25, -0.2) is 0 Å². The zero-order valence-electron chi connectivity index (χ0n) is 8.69. The molecule has 2 N–H and O–H groups in total. The number of rotatable bonds is 3. The van der Waals surface area contributed by atoms with Crippen molar-refractivity contribution >= 4 is 0 Å². The summed E-state index contributed by atoms with van der Waals surface area (Å²) in [7, 11) is 1.87. The minimum absolute atomic E-state index is 0.0757. The zero-order valence-corrected chi connectivity index (χ0v) is 8.69. The van der Waals surface area contributed by atoms with Crippen LogP contribution in [0.1, 0.15) is 43.8 Å². The Morgan fingerprint density at radius 3 is 2.86 bits per heavy atom. The highest BCUT2D eigenvalue weighted by Gasteiger charge is 2.20. The molecule has 1 aliphatic carbocycles. The van der Waals surface area contributed by atoms with Gasteiger partial charge < -0.3 is 5.73 Å². The fourth-order valence-corrected chi connectivity index (χ4v) is 2.26. The normalized spacial score (nSPS) is 20.1. The van der Waals surface area contributed by atoms with Crippen LogP contribution in [-0.4, -0.2) is 15.0 Å². The fourth-order valence-electron chi connectivity index (χ4n) is 2.26. The van der Waals surface area contributed by atoms with Gasteiger partial charge in [-0.15, -0.1) is 5.10 Å². The van der Waals surface area contributed by atoms with Gasteiger partial charge in [0.2, 0.25) is 0 Å². The number of nitrogens with two attached hydrogens (primary N) is 1. The standard InChI is InChI=1S/C10H18N4/c1-14-7-10(12-13-14)9(11)6-8-4-2-3-5-8/h7-9H,2-6,11H2,1H3. The van der Waals surface area contributed by atoms with Crippen LogP contribution >= 0.6 is 0 Å². The molecule has 1 aliphatic rings. The summed E-state index contributed by atoms with van der Waals surface area (Å²) in [6, 6.07) is 0.0757. The molecule has 0 radical (unpaired) electrons. The lowest BCUT2D eigenvalue weighted by Crippen LogP contribution is -2.14. The predicted molar refractivity (Wildman–Crippen MR) is 54.5 cm³/mol. The van der Waals surface area contributed by atoms with E-state index in [0.29, 0.717) is 0 Å². The molecule has 1 fully saturated rings. The Bertz CT molecular complexity index is 288. The maximum atomic E-state index is 6.07. The molecule has 14 heavy (non-hydrogen) atoms. The summed E-state index contributed by atoms with van der Waals surface area (Å²) in [6.07, 6.45) is 8.41. The fraction of sp³-hybridized carbons (Fsp3) is 0.800. The van der Waals surface area contributed by atoms with Crippen LogP contribution in [0, 0.1) is 5.92 Å². The number of hydrogen-bond acceptors (Lipinski definition) is 3. The smallest absolute Gasteiger partial charge is 0.0994 e. The zero-order chi connectivity index (χ0) is 9.97. The van der Waals surface area contributed by atoms with E-state index in [9.17, 15) is 0 Å². The summed E-state index contributed by atoms with van der Waals surface area (Å²) in [5.41, 5.74) is 7.00. The lowest BCUT2D eigenvalue weighted by Gasteiger charge is -2.13. The molecular formula is C10H18N4. The van der Waals surface area contributed by atoms with E-state index in [1.807, 2.05) is 13.2 Å².